The van der Waals surface area contributed by atoms with Gasteiger partial charge in [0.15, 0.2) is 5.13 Å². The molecule has 100 valence electrons. The molecular weight excluding hydrogens is 250 g/mol. The quantitative estimate of drug-likeness (QED) is 0.855. The van der Waals surface area contributed by atoms with Crippen molar-refractivity contribution in [3.63, 3.8) is 0 Å². The van der Waals surface area contributed by atoms with Crippen molar-refractivity contribution in [2.45, 2.75) is 19.3 Å². The predicted octanol–water partition coefficient (Wildman–Crippen LogP) is 1.99. The second-order valence-corrected chi connectivity index (χ2v) is 5.85. The number of rotatable bonds is 5. The molecule has 2 N–H and O–H groups in total. The highest BCUT2D eigenvalue weighted by molar-refractivity contribution is 7.17. The summed E-state index contributed by atoms with van der Waals surface area (Å²) in [5, 5.41) is 12.7. The molecule has 1 aliphatic rings. The number of aromatic nitrogens is 1. The van der Waals surface area contributed by atoms with Crippen LogP contribution in [0.4, 0.5) is 5.13 Å². The monoisotopic (exact) mass is 269 g/mol. The minimum atomic E-state index is -0.908. The van der Waals surface area contributed by atoms with Crippen LogP contribution in [-0.2, 0) is 0 Å². The first-order valence-electron chi connectivity index (χ1n) is 6.26. The van der Waals surface area contributed by atoms with Gasteiger partial charge in [0.05, 0.1) is 6.20 Å². The fraction of sp³-hybridized carbons (Fsp3) is 0.667. The number of carboxylic acid groups (broad SMARTS) is 1. The van der Waals surface area contributed by atoms with Crippen LogP contribution in [0.15, 0.2) is 6.20 Å². The van der Waals surface area contributed by atoms with Crippen LogP contribution in [0, 0.1) is 5.92 Å². The molecule has 1 fully saturated rings. The summed E-state index contributed by atoms with van der Waals surface area (Å²) >= 11 is 1.20. The lowest BCUT2D eigenvalue weighted by Crippen LogP contribution is -2.32. The number of hydrogen-bond acceptors (Lipinski definition) is 5. The molecule has 0 spiro atoms. The van der Waals surface area contributed by atoms with Gasteiger partial charge in [-0.3, -0.25) is 0 Å². The number of carboxylic acids is 1. The first-order chi connectivity index (χ1) is 8.65. The van der Waals surface area contributed by atoms with E-state index in [1.54, 1.807) is 0 Å². The zero-order valence-corrected chi connectivity index (χ0v) is 11.4. The average Bonchev–Trinajstić information content (AvgIpc) is 2.78. The molecule has 0 bridgehead atoms. The molecule has 0 amide bonds. The zero-order valence-electron chi connectivity index (χ0n) is 10.6. The van der Waals surface area contributed by atoms with Crippen molar-refractivity contribution < 1.29 is 9.90 Å². The van der Waals surface area contributed by atoms with Gasteiger partial charge in [-0.15, -0.1) is 0 Å². The van der Waals surface area contributed by atoms with Crippen LogP contribution >= 0.6 is 11.3 Å². The number of thiazole rings is 1. The molecule has 1 unspecified atom stereocenters. The lowest BCUT2D eigenvalue weighted by molar-refractivity contribution is 0.0702. The van der Waals surface area contributed by atoms with Crippen molar-refractivity contribution in [1.82, 2.24) is 9.88 Å². The largest absolute Gasteiger partial charge is 0.477 e. The molecule has 1 aromatic rings. The van der Waals surface area contributed by atoms with Crippen molar-refractivity contribution >= 4 is 22.4 Å². The lowest BCUT2D eigenvalue weighted by atomic mass is 9.95. The van der Waals surface area contributed by atoms with Gasteiger partial charge >= 0.3 is 5.97 Å². The number of carbonyl (C=O) groups is 1. The normalized spacial score (nSPS) is 20.8. The third kappa shape index (κ3) is 3.68. The van der Waals surface area contributed by atoms with Gasteiger partial charge in [0.25, 0.3) is 0 Å². The third-order valence-corrected chi connectivity index (χ3v) is 4.21. The Bertz CT molecular complexity index is 408. The van der Waals surface area contributed by atoms with E-state index in [0.29, 0.717) is 5.13 Å². The molecule has 0 saturated carbocycles. The van der Waals surface area contributed by atoms with Crippen molar-refractivity contribution in [2.24, 2.45) is 5.92 Å². The molecule has 2 rings (SSSR count). The van der Waals surface area contributed by atoms with Crippen molar-refractivity contribution in [3.05, 3.63) is 11.1 Å². The Kier molecular flexibility index (Phi) is 4.54. The Morgan fingerprint density at radius 2 is 2.56 bits per heavy atom. The molecule has 1 aromatic heterocycles. The fourth-order valence-corrected chi connectivity index (χ4v) is 3.03. The van der Waals surface area contributed by atoms with Crippen molar-refractivity contribution in [2.75, 3.05) is 32.0 Å². The van der Waals surface area contributed by atoms with Crippen molar-refractivity contribution in [3.8, 4) is 0 Å². The molecule has 1 saturated heterocycles. The maximum atomic E-state index is 10.7. The van der Waals surface area contributed by atoms with Gasteiger partial charge in [-0.2, -0.15) is 0 Å². The Hall–Kier alpha value is -1.14. The smallest absolute Gasteiger partial charge is 0.347 e. The molecule has 6 heteroatoms. The van der Waals surface area contributed by atoms with Gasteiger partial charge in [0.1, 0.15) is 4.88 Å². The van der Waals surface area contributed by atoms with E-state index in [1.165, 1.54) is 43.5 Å². The molecule has 1 atom stereocenters. The van der Waals surface area contributed by atoms with Crippen LogP contribution in [0.5, 0.6) is 0 Å². The second kappa shape index (κ2) is 6.15. The average molecular weight is 269 g/mol. The topological polar surface area (TPSA) is 65.5 Å². The van der Waals surface area contributed by atoms with E-state index in [9.17, 15) is 4.79 Å². The van der Waals surface area contributed by atoms with E-state index in [4.69, 9.17) is 5.11 Å². The summed E-state index contributed by atoms with van der Waals surface area (Å²) in [6.07, 6.45) is 5.10. The highest BCUT2D eigenvalue weighted by atomic mass is 32.1. The Balaban J connectivity index is 1.72. The van der Waals surface area contributed by atoms with Crippen LogP contribution in [0.25, 0.3) is 0 Å². The molecule has 5 nitrogen and oxygen atoms in total. The number of nitrogens with zero attached hydrogens (tertiary/aromatic N) is 2. The summed E-state index contributed by atoms with van der Waals surface area (Å²) < 4.78 is 0. The summed E-state index contributed by atoms with van der Waals surface area (Å²) in [4.78, 5) is 17.4. The number of hydrogen-bond donors (Lipinski definition) is 2. The zero-order chi connectivity index (χ0) is 13.0. The van der Waals surface area contributed by atoms with Gasteiger partial charge in [-0.1, -0.05) is 11.3 Å². The highest BCUT2D eigenvalue weighted by Crippen LogP contribution is 2.20. The van der Waals surface area contributed by atoms with Crippen LogP contribution in [0.1, 0.15) is 28.9 Å². The predicted molar refractivity (Wildman–Crippen MR) is 72.4 cm³/mol. The van der Waals surface area contributed by atoms with Gasteiger partial charge in [-0.05, 0) is 38.8 Å². The van der Waals surface area contributed by atoms with Crippen LogP contribution in [-0.4, -0.2) is 47.6 Å². The standard InChI is InChI=1S/C12H19N3O2S/c1-15-6-2-3-9(8-15)4-5-13-12-14-7-10(18-12)11(16)17/h7,9H,2-6,8H2,1H3,(H,13,14)(H,16,17). The van der Waals surface area contributed by atoms with Gasteiger partial charge in [-0.25, -0.2) is 9.78 Å². The first-order valence-corrected chi connectivity index (χ1v) is 7.08. The number of aromatic carboxylic acids is 1. The summed E-state index contributed by atoms with van der Waals surface area (Å²) in [6.45, 7) is 3.24. The van der Waals surface area contributed by atoms with Gasteiger partial charge in [0, 0.05) is 13.1 Å². The van der Waals surface area contributed by atoms with Crippen LogP contribution in [0.3, 0.4) is 0 Å². The van der Waals surface area contributed by atoms with E-state index in [1.807, 2.05) is 0 Å². The maximum Gasteiger partial charge on any atom is 0.347 e. The molecule has 0 aromatic carbocycles. The maximum absolute atomic E-state index is 10.7. The summed E-state index contributed by atoms with van der Waals surface area (Å²) in [5.41, 5.74) is 0. The van der Waals surface area contributed by atoms with E-state index < -0.39 is 5.97 Å². The van der Waals surface area contributed by atoms with Crippen LogP contribution < -0.4 is 5.32 Å². The van der Waals surface area contributed by atoms with Gasteiger partial charge < -0.3 is 15.3 Å². The number of piperidine rings is 1. The Morgan fingerprint density at radius 1 is 1.72 bits per heavy atom. The third-order valence-electron chi connectivity index (χ3n) is 3.27. The number of nitrogens with one attached hydrogen (secondary N) is 1. The van der Waals surface area contributed by atoms with Crippen LogP contribution in [0.2, 0.25) is 0 Å². The number of anilines is 1. The second-order valence-electron chi connectivity index (χ2n) is 4.82. The minimum absolute atomic E-state index is 0.287. The number of likely N-dealkylation sites (tertiary alicyclic amines) is 1. The molecule has 18 heavy (non-hydrogen) atoms. The fourth-order valence-electron chi connectivity index (χ4n) is 2.35. The molecule has 0 radical (unpaired) electrons. The van der Waals surface area contributed by atoms with Gasteiger partial charge in [0.2, 0.25) is 0 Å². The van der Waals surface area contributed by atoms with E-state index in [-0.39, 0.29) is 4.88 Å². The summed E-state index contributed by atoms with van der Waals surface area (Å²) in [7, 11) is 2.17. The minimum Gasteiger partial charge on any atom is -0.477 e. The first kappa shape index (κ1) is 13.3. The molecule has 1 aliphatic heterocycles. The molecule has 2 heterocycles. The summed E-state index contributed by atoms with van der Waals surface area (Å²) in [5.74, 6) is -0.162. The molecular formula is C12H19N3O2S. The Morgan fingerprint density at radius 3 is 3.22 bits per heavy atom. The SMILES string of the molecule is CN1CCCC(CCNc2ncc(C(=O)O)s2)C1. The highest BCUT2D eigenvalue weighted by Gasteiger charge is 2.16. The van der Waals surface area contributed by atoms with Crippen molar-refractivity contribution in [1.29, 1.82) is 0 Å². The Labute approximate surface area is 111 Å². The summed E-state index contributed by atoms with van der Waals surface area (Å²) in [6, 6.07) is 0. The van der Waals surface area contributed by atoms with E-state index in [0.717, 1.165) is 18.9 Å². The van der Waals surface area contributed by atoms with E-state index in [2.05, 4.69) is 22.2 Å². The van der Waals surface area contributed by atoms with E-state index >= 15 is 0 Å². The molecule has 0 aliphatic carbocycles. The lowest BCUT2D eigenvalue weighted by Gasteiger charge is -2.29.